The van der Waals surface area contributed by atoms with Crippen LogP contribution >= 0.6 is 0 Å². The Balaban J connectivity index is 1.92. The summed E-state index contributed by atoms with van der Waals surface area (Å²) in [7, 11) is 0. The zero-order chi connectivity index (χ0) is 12.5. The molecule has 0 bridgehead atoms. The number of ether oxygens (including phenoxy) is 1. The Morgan fingerprint density at radius 3 is 3.00 bits per heavy atom. The molecule has 0 saturated heterocycles. The lowest BCUT2D eigenvalue weighted by Gasteiger charge is -2.26. The number of fused-ring (bicyclic) bond motifs is 1. The highest BCUT2D eigenvalue weighted by Gasteiger charge is 2.22. The van der Waals surface area contributed by atoms with Gasteiger partial charge in [-0.2, -0.15) is 0 Å². The summed E-state index contributed by atoms with van der Waals surface area (Å²) in [5.41, 5.74) is 10.1. The van der Waals surface area contributed by atoms with E-state index < -0.39 is 0 Å². The quantitative estimate of drug-likeness (QED) is 0.779. The van der Waals surface area contributed by atoms with E-state index in [1.54, 1.807) is 6.20 Å². The third-order valence-corrected chi connectivity index (χ3v) is 3.41. The van der Waals surface area contributed by atoms with Gasteiger partial charge in [-0.05, 0) is 43.0 Å². The minimum atomic E-state index is 0.0424. The molecule has 0 spiro atoms. The fraction of sp³-hybridized carbons (Fsp3) is 0.267. The molecule has 1 aromatic heterocycles. The lowest BCUT2D eigenvalue weighted by molar-refractivity contribution is 0.172. The van der Waals surface area contributed by atoms with Crippen LogP contribution in [0.15, 0.2) is 36.5 Å². The van der Waals surface area contributed by atoms with Crippen LogP contribution in [0.4, 0.5) is 5.69 Å². The molecule has 1 atom stereocenters. The first-order valence-electron chi connectivity index (χ1n) is 6.20. The van der Waals surface area contributed by atoms with Gasteiger partial charge in [-0.1, -0.05) is 12.1 Å². The van der Waals surface area contributed by atoms with Crippen LogP contribution in [0.1, 0.15) is 29.3 Å². The van der Waals surface area contributed by atoms with Gasteiger partial charge in [0.25, 0.3) is 0 Å². The lowest BCUT2D eigenvalue weighted by atomic mass is 9.98. The van der Waals surface area contributed by atoms with Gasteiger partial charge in [0.05, 0.1) is 5.69 Å². The molecule has 2 heterocycles. The van der Waals surface area contributed by atoms with Crippen molar-refractivity contribution >= 4 is 5.69 Å². The van der Waals surface area contributed by atoms with Gasteiger partial charge < -0.3 is 10.5 Å². The summed E-state index contributed by atoms with van der Waals surface area (Å²) in [4.78, 5) is 4.36. The minimum absolute atomic E-state index is 0.0424. The second kappa shape index (κ2) is 4.33. The average molecular weight is 240 g/mol. The summed E-state index contributed by atoms with van der Waals surface area (Å²) in [5, 5.41) is 0. The molecule has 3 rings (SSSR count). The van der Waals surface area contributed by atoms with Crippen LogP contribution in [0.25, 0.3) is 0 Å². The average Bonchev–Trinajstić information content (AvgIpc) is 2.41. The number of nitrogen functional groups attached to an aromatic ring is 1. The molecule has 0 amide bonds. The molecule has 18 heavy (non-hydrogen) atoms. The summed E-state index contributed by atoms with van der Waals surface area (Å²) in [6.07, 6.45) is 3.82. The van der Waals surface area contributed by atoms with E-state index in [0.717, 1.165) is 35.5 Å². The Morgan fingerprint density at radius 1 is 1.33 bits per heavy atom. The number of benzene rings is 1. The molecule has 92 valence electrons. The first-order chi connectivity index (χ1) is 8.74. The smallest absolute Gasteiger partial charge is 0.141 e. The van der Waals surface area contributed by atoms with Crippen molar-refractivity contribution in [2.75, 3.05) is 5.73 Å². The number of aryl methyl sites for hydroxylation is 2. The van der Waals surface area contributed by atoms with Crippen molar-refractivity contribution in [2.24, 2.45) is 0 Å². The number of pyridine rings is 1. The van der Waals surface area contributed by atoms with Crippen molar-refractivity contribution in [3.05, 3.63) is 53.3 Å². The highest BCUT2D eigenvalue weighted by molar-refractivity contribution is 5.55. The number of rotatable bonds is 1. The zero-order valence-electron chi connectivity index (χ0n) is 10.4. The maximum atomic E-state index is 6.01. The first kappa shape index (κ1) is 11.1. The highest BCUT2D eigenvalue weighted by Crippen LogP contribution is 2.36. The van der Waals surface area contributed by atoms with Gasteiger partial charge in [0, 0.05) is 18.0 Å². The molecule has 0 radical (unpaired) electrons. The third kappa shape index (κ3) is 1.92. The molecule has 1 aliphatic rings. The molecule has 2 N–H and O–H groups in total. The molecule has 3 nitrogen and oxygen atoms in total. The van der Waals surface area contributed by atoms with E-state index in [1.165, 1.54) is 5.56 Å². The standard InChI is InChI=1S/C15H16N2O/c1-10-8-11-5-6-14(13-4-2-3-7-17-13)18-15(11)9-12(10)16/h2-4,7-9,14H,5-6,16H2,1H3. The largest absolute Gasteiger partial charge is 0.484 e. The fourth-order valence-electron chi connectivity index (χ4n) is 2.34. The van der Waals surface area contributed by atoms with Crippen LogP contribution in [0.2, 0.25) is 0 Å². The normalized spacial score (nSPS) is 17.9. The summed E-state index contributed by atoms with van der Waals surface area (Å²) < 4.78 is 6.01. The van der Waals surface area contributed by atoms with Gasteiger partial charge in [0.1, 0.15) is 11.9 Å². The summed E-state index contributed by atoms with van der Waals surface area (Å²) in [5.74, 6) is 0.903. The molecule has 1 unspecified atom stereocenters. The van der Waals surface area contributed by atoms with E-state index in [4.69, 9.17) is 10.5 Å². The van der Waals surface area contributed by atoms with E-state index in [9.17, 15) is 0 Å². The number of hydrogen-bond acceptors (Lipinski definition) is 3. The molecule has 3 heteroatoms. The molecule has 1 aliphatic heterocycles. The van der Waals surface area contributed by atoms with Crippen LogP contribution < -0.4 is 10.5 Å². The van der Waals surface area contributed by atoms with Crippen molar-refractivity contribution < 1.29 is 4.74 Å². The van der Waals surface area contributed by atoms with E-state index in [1.807, 2.05) is 31.2 Å². The third-order valence-electron chi connectivity index (χ3n) is 3.41. The second-order valence-corrected chi connectivity index (χ2v) is 4.72. The van der Waals surface area contributed by atoms with Gasteiger partial charge in [-0.3, -0.25) is 4.98 Å². The van der Waals surface area contributed by atoms with E-state index in [2.05, 4.69) is 11.1 Å². The molecular formula is C15H16N2O. The van der Waals surface area contributed by atoms with Gasteiger partial charge in [-0.15, -0.1) is 0 Å². The Kier molecular flexibility index (Phi) is 2.67. The number of hydrogen-bond donors (Lipinski definition) is 1. The van der Waals surface area contributed by atoms with Gasteiger partial charge in [0.2, 0.25) is 0 Å². The van der Waals surface area contributed by atoms with Crippen LogP contribution in [0.5, 0.6) is 5.75 Å². The fourth-order valence-corrected chi connectivity index (χ4v) is 2.34. The van der Waals surface area contributed by atoms with Crippen LogP contribution in [-0.4, -0.2) is 4.98 Å². The molecule has 2 aromatic rings. The van der Waals surface area contributed by atoms with E-state index in [-0.39, 0.29) is 6.10 Å². The van der Waals surface area contributed by atoms with Crippen molar-refractivity contribution in [1.82, 2.24) is 4.98 Å². The maximum absolute atomic E-state index is 6.01. The predicted molar refractivity (Wildman–Crippen MR) is 71.5 cm³/mol. The second-order valence-electron chi connectivity index (χ2n) is 4.72. The number of aromatic nitrogens is 1. The molecule has 0 saturated carbocycles. The summed E-state index contributed by atoms with van der Waals surface area (Å²) in [6, 6.07) is 9.97. The van der Waals surface area contributed by atoms with Crippen molar-refractivity contribution in [1.29, 1.82) is 0 Å². The number of nitrogens with zero attached hydrogens (tertiary/aromatic N) is 1. The highest BCUT2D eigenvalue weighted by atomic mass is 16.5. The van der Waals surface area contributed by atoms with Gasteiger partial charge in [0.15, 0.2) is 0 Å². The Labute approximate surface area is 107 Å². The maximum Gasteiger partial charge on any atom is 0.141 e. The first-order valence-corrected chi connectivity index (χ1v) is 6.20. The van der Waals surface area contributed by atoms with Crippen molar-refractivity contribution in [3.63, 3.8) is 0 Å². The Morgan fingerprint density at radius 2 is 2.22 bits per heavy atom. The topological polar surface area (TPSA) is 48.1 Å². The van der Waals surface area contributed by atoms with Gasteiger partial charge >= 0.3 is 0 Å². The SMILES string of the molecule is Cc1cc2c(cc1N)OC(c1ccccn1)CC2. The number of anilines is 1. The predicted octanol–water partition coefficient (Wildman–Crippen LogP) is 3.04. The van der Waals surface area contributed by atoms with E-state index >= 15 is 0 Å². The molecular weight excluding hydrogens is 224 g/mol. The molecule has 0 aliphatic carbocycles. The van der Waals surface area contributed by atoms with Crippen molar-refractivity contribution in [2.45, 2.75) is 25.9 Å². The lowest BCUT2D eigenvalue weighted by Crippen LogP contribution is -2.16. The summed E-state index contributed by atoms with van der Waals surface area (Å²) >= 11 is 0. The van der Waals surface area contributed by atoms with Gasteiger partial charge in [-0.25, -0.2) is 0 Å². The molecule has 0 fully saturated rings. The number of nitrogens with two attached hydrogens (primary N) is 1. The Bertz CT molecular complexity index is 566. The molecule has 1 aromatic carbocycles. The van der Waals surface area contributed by atoms with E-state index in [0.29, 0.717) is 0 Å². The summed E-state index contributed by atoms with van der Waals surface area (Å²) in [6.45, 7) is 2.03. The van der Waals surface area contributed by atoms with Crippen molar-refractivity contribution in [3.8, 4) is 5.75 Å². The zero-order valence-corrected chi connectivity index (χ0v) is 10.4. The van der Waals surface area contributed by atoms with Crippen LogP contribution in [-0.2, 0) is 6.42 Å². The van der Waals surface area contributed by atoms with Crippen LogP contribution in [0, 0.1) is 6.92 Å². The van der Waals surface area contributed by atoms with Crippen LogP contribution in [0.3, 0.4) is 0 Å². The Hall–Kier alpha value is -2.03. The monoisotopic (exact) mass is 240 g/mol. The minimum Gasteiger partial charge on any atom is -0.484 e.